The summed E-state index contributed by atoms with van der Waals surface area (Å²) in [6, 6.07) is -0.971. The molecule has 0 spiro atoms. The fourth-order valence-corrected chi connectivity index (χ4v) is 3.79. The first-order valence-electron chi connectivity index (χ1n) is 6.63. The first-order valence-corrected chi connectivity index (χ1v) is 8.07. The predicted molar refractivity (Wildman–Crippen MR) is 73.2 cm³/mol. The zero-order chi connectivity index (χ0) is 15.6. The molecule has 1 aliphatic rings. The molecular formula is C12H19N3O5S. The number of hydrogen-bond acceptors (Lipinski definition) is 6. The van der Waals surface area contributed by atoms with Crippen LogP contribution < -0.4 is 0 Å². The van der Waals surface area contributed by atoms with Crippen molar-refractivity contribution in [3.63, 3.8) is 0 Å². The number of hydrogen-bond donors (Lipinski definition) is 0. The summed E-state index contributed by atoms with van der Waals surface area (Å²) in [5.41, 5.74) is 0. The lowest BCUT2D eigenvalue weighted by molar-refractivity contribution is -0.149. The lowest BCUT2D eigenvalue weighted by atomic mass is 10.3. The molecule has 0 N–H and O–H groups in total. The number of carbonyl (C=O) groups excluding carboxylic acids is 1. The molecule has 1 atom stereocenters. The zero-order valence-electron chi connectivity index (χ0n) is 12.3. The van der Waals surface area contributed by atoms with Gasteiger partial charge in [0.2, 0.25) is 0 Å². The van der Waals surface area contributed by atoms with Crippen molar-refractivity contribution in [3.8, 4) is 0 Å². The van der Waals surface area contributed by atoms with E-state index in [4.69, 9.17) is 4.74 Å². The molecule has 21 heavy (non-hydrogen) atoms. The van der Waals surface area contributed by atoms with Gasteiger partial charge in [0.25, 0.3) is 10.0 Å². The second-order valence-electron chi connectivity index (χ2n) is 4.64. The minimum absolute atomic E-state index is 0.0145. The molecule has 1 saturated heterocycles. The summed E-state index contributed by atoms with van der Waals surface area (Å²) in [4.78, 5) is 15.8. The number of aryl methyl sites for hydroxylation is 2. The molecule has 0 bridgehead atoms. The van der Waals surface area contributed by atoms with Crippen molar-refractivity contribution in [3.05, 3.63) is 12.0 Å². The number of methoxy groups -OCH3 is 1. The van der Waals surface area contributed by atoms with E-state index < -0.39 is 22.0 Å². The number of esters is 1. The highest BCUT2D eigenvalue weighted by Gasteiger charge is 2.40. The molecule has 8 nitrogen and oxygen atoms in total. The molecule has 1 fully saturated rings. The average Bonchev–Trinajstić information content (AvgIpc) is 2.88. The van der Waals surface area contributed by atoms with Crippen molar-refractivity contribution in [2.45, 2.75) is 31.5 Å². The maximum absolute atomic E-state index is 12.7. The molecule has 1 aromatic rings. The van der Waals surface area contributed by atoms with Crippen molar-refractivity contribution >= 4 is 16.0 Å². The zero-order valence-corrected chi connectivity index (χ0v) is 13.1. The van der Waals surface area contributed by atoms with Gasteiger partial charge in [0.1, 0.15) is 11.9 Å². The summed E-state index contributed by atoms with van der Waals surface area (Å²) in [6.45, 7) is 4.58. The molecule has 0 aliphatic carbocycles. The van der Waals surface area contributed by atoms with Crippen molar-refractivity contribution in [1.82, 2.24) is 13.9 Å². The number of carbonyl (C=O) groups is 1. The third-order valence-electron chi connectivity index (χ3n) is 3.42. The van der Waals surface area contributed by atoms with E-state index >= 15 is 0 Å². The molecule has 1 unspecified atom stereocenters. The topological polar surface area (TPSA) is 90.7 Å². The van der Waals surface area contributed by atoms with Crippen LogP contribution in [0.4, 0.5) is 0 Å². The summed E-state index contributed by atoms with van der Waals surface area (Å²) in [6.07, 6.45) is 1.48. The van der Waals surface area contributed by atoms with Crippen LogP contribution in [-0.4, -0.2) is 61.2 Å². The Balaban J connectivity index is 2.37. The van der Waals surface area contributed by atoms with Gasteiger partial charge in [-0.1, -0.05) is 0 Å². The second-order valence-corrected chi connectivity index (χ2v) is 6.48. The average molecular weight is 317 g/mol. The SMILES string of the molecule is CCn1cc(S(=O)(=O)N2CCOCC2C(=O)OC)nc1C. The second kappa shape index (κ2) is 6.12. The van der Waals surface area contributed by atoms with Gasteiger partial charge in [-0.3, -0.25) is 4.79 Å². The van der Waals surface area contributed by atoms with Crippen LogP contribution in [0.5, 0.6) is 0 Å². The number of aromatic nitrogens is 2. The standard InChI is InChI=1S/C12H19N3O5S/c1-4-14-7-11(13-9(14)2)21(17,18)15-5-6-20-8-10(15)12(16)19-3/h7,10H,4-6,8H2,1-3H3. The summed E-state index contributed by atoms with van der Waals surface area (Å²) in [5.74, 6) is -0.0242. The highest BCUT2D eigenvalue weighted by molar-refractivity contribution is 7.89. The van der Waals surface area contributed by atoms with Gasteiger partial charge in [0, 0.05) is 19.3 Å². The van der Waals surface area contributed by atoms with Crippen LogP contribution >= 0.6 is 0 Å². The molecule has 1 aromatic heterocycles. The lowest BCUT2D eigenvalue weighted by Gasteiger charge is -2.31. The van der Waals surface area contributed by atoms with Crippen LogP contribution in [0.15, 0.2) is 11.2 Å². The van der Waals surface area contributed by atoms with Gasteiger partial charge in [-0.05, 0) is 13.8 Å². The van der Waals surface area contributed by atoms with Gasteiger partial charge in [-0.25, -0.2) is 13.4 Å². The summed E-state index contributed by atoms with van der Waals surface area (Å²) in [7, 11) is -2.64. The van der Waals surface area contributed by atoms with Crippen LogP contribution in [-0.2, 0) is 30.8 Å². The molecule has 0 aromatic carbocycles. The molecule has 0 saturated carbocycles. The monoisotopic (exact) mass is 317 g/mol. The highest BCUT2D eigenvalue weighted by atomic mass is 32.2. The van der Waals surface area contributed by atoms with E-state index in [9.17, 15) is 13.2 Å². The number of imidazole rings is 1. The van der Waals surface area contributed by atoms with Crippen molar-refractivity contribution in [2.75, 3.05) is 26.9 Å². The molecule has 0 radical (unpaired) electrons. The van der Waals surface area contributed by atoms with Crippen molar-refractivity contribution in [2.24, 2.45) is 0 Å². The Labute approximate surface area is 123 Å². The van der Waals surface area contributed by atoms with E-state index in [2.05, 4.69) is 9.72 Å². The van der Waals surface area contributed by atoms with Crippen LogP contribution in [0.25, 0.3) is 0 Å². The minimum Gasteiger partial charge on any atom is -0.468 e. The minimum atomic E-state index is -3.86. The van der Waals surface area contributed by atoms with E-state index in [1.165, 1.54) is 13.3 Å². The van der Waals surface area contributed by atoms with Crippen molar-refractivity contribution < 1.29 is 22.7 Å². The number of rotatable bonds is 4. The van der Waals surface area contributed by atoms with Gasteiger partial charge in [-0.15, -0.1) is 0 Å². The first-order chi connectivity index (χ1) is 9.91. The predicted octanol–water partition coefficient (Wildman–Crippen LogP) is -0.226. The van der Waals surface area contributed by atoms with Crippen LogP contribution in [0, 0.1) is 6.92 Å². The smallest absolute Gasteiger partial charge is 0.326 e. The van der Waals surface area contributed by atoms with E-state index in [1.54, 1.807) is 11.5 Å². The largest absolute Gasteiger partial charge is 0.468 e. The highest BCUT2D eigenvalue weighted by Crippen LogP contribution is 2.21. The Bertz CT molecular complexity index is 625. The van der Waals surface area contributed by atoms with Gasteiger partial charge >= 0.3 is 5.97 Å². The lowest BCUT2D eigenvalue weighted by Crippen LogP contribution is -2.52. The number of sulfonamides is 1. The van der Waals surface area contributed by atoms with Crippen LogP contribution in [0.3, 0.4) is 0 Å². The molecule has 9 heteroatoms. The fourth-order valence-electron chi connectivity index (χ4n) is 2.24. The van der Waals surface area contributed by atoms with Gasteiger partial charge < -0.3 is 14.0 Å². The fraction of sp³-hybridized carbons (Fsp3) is 0.667. The molecule has 118 valence electrons. The normalized spacial score (nSPS) is 20.4. The summed E-state index contributed by atoms with van der Waals surface area (Å²) in [5, 5.41) is -0.0577. The Hall–Kier alpha value is -1.45. The van der Waals surface area contributed by atoms with E-state index in [-0.39, 0.29) is 24.8 Å². The molecule has 2 heterocycles. The third-order valence-corrected chi connectivity index (χ3v) is 5.20. The van der Waals surface area contributed by atoms with Crippen molar-refractivity contribution in [1.29, 1.82) is 0 Å². The number of morpholine rings is 1. The Morgan fingerprint density at radius 1 is 1.57 bits per heavy atom. The maximum Gasteiger partial charge on any atom is 0.326 e. The van der Waals surface area contributed by atoms with Crippen LogP contribution in [0.2, 0.25) is 0 Å². The van der Waals surface area contributed by atoms with E-state index in [1.807, 2.05) is 6.92 Å². The van der Waals surface area contributed by atoms with E-state index in [0.29, 0.717) is 12.4 Å². The molecule has 2 rings (SSSR count). The number of nitrogens with zero attached hydrogens (tertiary/aromatic N) is 3. The van der Waals surface area contributed by atoms with Crippen LogP contribution in [0.1, 0.15) is 12.7 Å². The molecule has 0 amide bonds. The first kappa shape index (κ1) is 15.9. The summed E-state index contributed by atoms with van der Waals surface area (Å²) >= 11 is 0. The summed E-state index contributed by atoms with van der Waals surface area (Å²) < 4.78 is 38.0. The Kier molecular flexibility index (Phi) is 4.64. The van der Waals surface area contributed by atoms with E-state index in [0.717, 1.165) is 4.31 Å². The molecule has 1 aliphatic heterocycles. The Morgan fingerprint density at radius 3 is 2.86 bits per heavy atom. The number of ether oxygens (including phenoxy) is 2. The quantitative estimate of drug-likeness (QED) is 0.713. The third kappa shape index (κ3) is 2.94. The molecular weight excluding hydrogens is 298 g/mol. The van der Waals surface area contributed by atoms with Gasteiger partial charge in [-0.2, -0.15) is 4.31 Å². The van der Waals surface area contributed by atoms with Gasteiger partial charge in [0.15, 0.2) is 5.03 Å². The maximum atomic E-state index is 12.7. The Morgan fingerprint density at radius 2 is 2.29 bits per heavy atom. The van der Waals surface area contributed by atoms with Gasteiger partial charge in [0.05, 0.1) is 20.3 Å².